The Morgan fingerprint density at radius 3 is 2.62 bits per heavy atom. The third-order valence-corrected chi connectivity index (χ3v) is 4.44. The lowest BCUT2D eigenvalue weighted by molar-refractivity contribution is -0.120. The van der Waals surface area contributed by atoms with Gasteiger partial charge in [0.2, 0.25) is 5.91 Å². The van der Waals surface area contributed by atoms with E-state index in [1.165, 1.54) is 32.1 Å². The number of benzene rings is 1. The largest absolute Gasteiger partial charge is 0.490 e. The lowest BCUT2D eigenvalue weighted by atomic mass is 9.86. The van der Waals surface area contributed by atoms with Crippen molar-refractivity contribution >= 4 is 28.9 Å². The number of ether oxygens (including phenoxy) is 1. The Labute approximate surface area is 149 Å². The van der Waals surface area contributed by atoms with Crippen LogP contribution in [0.5, 0.6) is 5.75 Å². The van der Waals surface area contributed by atoms with Gasteiger partial charge in [0, 0.05) is 12.1 Å². The van der Waals surface area contributed by atoms with E-state index in [4.69, 9.17) is 17.0 Å². The molecule has 0 heterocycles. The van der Waals surface area contributed by atoms with Crippen LogP contribution in [0, 0.1) is 5.92 Å². The zero-order chi connectivity index (χ0) is 17.2. The number of carbonyl (C=O) groups excluding carboxylic acids is 1. The molecule has 24 heavy (non-hydrogen) atoms. The number of hydrogen-bond donors (Lipinski definition) is 2. The van der Waals surface area contributed by atoms with Crippen molar-refractivity contribution in [1.82, 2.24) is 5.32 Å². The molecule has 1 amide bonds. The molecule has 0 unspecified atom stereocenters. The Morgan fingerprint density at radius 2 is 1.96 bits per heavy atom. The summed E-state index contributed by atoms with van der Waals surface area (Å²) in [6.07, 6.45) is 9.67. The van der Waals surface area contributed by atoms with E-state index in [1.54, 1.807) is 6.08 Å². The normalized spacial score (nSPS) is 14.7. The number of anilines is 1. The minimum absolute atomic E-state index is 0.0102. The quantitative estimate of drug-likeness (QED) is 0.567. The van der Waals surface area contributed by atoms with Gasteiger partial charge in [-0.15, -0.1) is 0 Å². The molecule has 0 spiro atoms. The zero-order valence-corrected chi connectivity index (χ0v) is 14.9. The highest BCUT2D eigenvalue weighted by atomic mass is 32.1. The summed E-state index contributed by atoms with van der Waals surface area (Å²) in [5.74, 6) is 1.46. The molecule has 0 aliphatic heterocycles. The van der Waals surface area contributed by atoms with Crippen molar-refractivity contribution in [3.63, 3.8) is 0 Å². The molecule has 4 nitrogen and oxygen atoms in total. The number of hydrogen-bond acceptors (Lipinski definition) is 3. The van der Waals surface area contributed by atoms with Crippen molar-refractivity contribution in [2.24, 2.45) is 5.92 Å². The molecule has 1 aromatic rings. The first-order valence-electron chi connectivity index (χ1n) is 8.62. The van der Waals surface area contributed by atoms with Crippen LogP contribution in [-0.4, -0.2) is 17.6 Å². The molecule has 0 aromatic heterocycles. The van der Waals surface area contributed by atoms with Crippen LogP contribution in [0.4, 0.5) is 5.69 Å². The molecule has 130 valence electrons. The van der Waals surface area contributed by atoms with Crippen LogP contribution in [0.2, 0.25) is 0 Å². The van der Waals surface area contributed by atoms with E-state index < -0.39 is 0 Å². The molecular formula is C19H26N2O2S. The van der Waals surface area contributed by atoms with Crippen LogP contribution < -0.4 is 15.4 Å². The van der Waals surface area contributed by atoms with Crippen LogP contribution in [0.3, 0.4) is 0 Å². The SMILES string of the molecule is C=CCOc1ccc(NC(=S)NC(=O)CCC2CCCCC2)cc1. The van der Waals surface area contributed by atoms with Crippen LogP contribution >= 0.6 is 12.2 Å². The second-order valence-electron chi connectivity index (χ2n) is 6.17. The average molecular weight is 346 g/mol. The van der Waals surface area contributed by atoms with Crippen molar-refractivity contribution in [2.75, 3.05) is 11.9 Å². The summed E-state index contributed by atoms with van der Waals surface area (Å²) < 4.78 is 5.42. The van der Waals surface area contributed by atoms with Gasteiger partial charge in [-0.25, -0.2) is 0 Å². The van der Waals surface area contributed by atoms with Crippen molar-refractivity contribution in [2.45, 2.75) is 44.9 Å². The maximum absolute atomic E-state index is 12.0. The van der Waals surface area contributed by atoms with Crippen molar-refractivity contribution in [3.8, 4) is 5.75 Å². The van der Waals surface area contributed by atoms with E-state index in [-0.39, 0.29) is 5.91 Å². The number of nitrogens with one attached hydrogen (secondary N) is 2. The van der Waals surface area contributed by atoms with Crippen molar-refractivity contribution in [3.05, 3.63) is 36.9 Å². The Hall–Kier alpha value is -1.88. The maximum atomic E-state index is 12.0. The molecule has 0 radical (unpaired) electrons. The minimum Gasteiger partial charge on any atom is -0.490 e. The molecule has 1 aliphatic carbocycles. The molecule has 0 bridgehead atoms. The third kappa shape index (κ3) is 6.71. The van der Waals surface area contributed by atoms with Gasteiger partial charge in [0.25, 0.3) is 0 Å². The van der Waals surface area contributed by atoms with E-state index in [0.717, 1.165) is 17.9 Å². The first-order valence-corrected chi connectivity index (χ1v) is 9.03. The van der Waals surface area contributed by atoms with Crippen molar-refractivity contribution < 1.29 is 9.53 Å². The summed E-state index contributed by atoms with van der Waals surface area (Å²) in [6, 6.07) is 7.41. The molecule has 1 fully saturated rings. The molecule has 2 rings (SSSR count). The third-order valence-electron chi connectivity index (χ3n) is 4.24. The molecular weight excluding hydrogens is 320 g/mol. The van der Waals surface area contributed by atoms with Gasteiger partial charge < -0.3 is 15.4 Å². The fourth-order valence-corrected chi connectivity index (χ4v) is 3.18. The number of rotatable bonds is 7. The molecule has 1 aromatic carbocycles. The molecule has 5 heteroatoms. The van der Waals surface area contributed by atoms with Gasteiger partial charge in [-0.1, -0.05) is 44.8 Å². The zero-order valence-electron chi connectivity index (χ0n) is 14.1. The second-order valence-corrected chi connectivity index (χ2v) is 6.58. The smallest absolute Gasteiger partial charge is 0.226 e. The van der Waals surface area contributed by atoms with Crippen LogP contribution in [-0.2, 0) is 4.79 Å². The Bertz CT molecular complexity index is 551. The average Bonchev–Trinajstić information content (AvgIpc) is 2.60. The molecule has 0 saturated heterocycles. The Kier molecular flexibility index (Phi) is 7.75. The van der Waals surface area contributed by atoms with E-state index >= 15 is 0 Å². The predicted octanol–water partition coefficient (Wildman–Crippen LogP) is 4.42. The lowest BCUT2D eigenvalue weighted by Crippen LogP contribution is -2.34. The van der Waals surface area contributed by atoms with Gasteiger partial charge >= 0.3 is 0 Å². The van der Waals surface area contributed by atoms with Gasteiger partial charge in [-0.3, -0.25) is 4.79 Å². The summed E-state index contributed by atoms with van der Waals surface area (Å²) in [4.78, 5) is 12.0. The molecule has 1 aliphatic rings. The maximum Gasteiger partial charge on any atom is 0.226 e. The number of carbonyl (C=O) groups is 1. The first-order chi connectivity index (χ1) is 11.7. The standard InChI is InChI=1S/C19H26N2O2S/c1-2-14-23-17-11-9-16(10-12-17)20-19(24)21-18(22)13-8-15-6-4-3-5-7-15/h2,9-12,15H,1,3-8,13-14H2,(H2,20,21,22,24). The molecule has 1 saturated carbocycles. The van der Waals surface area contributed by atoms with E-state index in [9.17, 15) is 4.79 Å². The van der Waals surface area contributed by atoms with Crippen LogP contribution in [0.1, 0.15) is 44.9 Å². The van der Waals surface area contributed by atoms with E-state index in [1.807, 2.05) is 24.3 Å². The fourth-order valence-electron chi connectivity index (χ4n) is 2.95. The summed E-state index contributed by atoms with van der Waals surface area (Å²) in [5, 5.41) is 6.11. The predicted molar refractivity (Wildman–Crippen MR) is 102 cm³/mol. The van der Waals surface area contributed by atoms with Crippen molar-refractivity contribution in [1.29, 1.82) is 0 Å². The first kappa shape index (κ1) is 18.5. The lowest BCUT2D eigenvalue weighted by Gasteiger charge is -2.21. The number of thiocarbonyl (C=S) groups is 1. The molecule has 2 N–H and O–H groups in total. The minimum atomic E-state index is -0.0102. The van der Waals surface area contributed by atoms with Gasteiger partial charge in [-0.05, 0) is 48.8 Å². The van der Waals surface area contributed by atoms with Gasteiger partial charge in [-0.2, -0.15) is 0 Å². The summed E-state index contributed by atoms with van der Waals surface area (Å²) >= 11 is 5.20. The summed E-state index contributed by atoms with van der Waals surface area (Å²) in [6.45, 7) is 4.08. The highest BCUT2D eigenvalue weighted by Crippen LogP contribution is 2.27. The van der Waals surface area contributed by atoms with Crippen LogP contribution in [0.15, 0.2) is 36.9 Å². The Balaban J connectivity index is 1.69. The highest BCUT2D eigenvalue weighted by molar-refractivity contribution is 7.80. The van der Waals surface area contributed by atoms with E-state index in [0.29, 0.717) is 24.1 Å². The topological polar surface area (TPSA) is 50.4 Å². The van der Waals surface area contributed by atoms with E-state index in [2.05, 4.69) is 17.2 Å². The fraction of sp³-hybridized carbons (Fsp3) is 0.474. The monoisotopic (exact) mass is 346 g/mol. The summed E-state index contributed by atoms with van der Waals surface area (Å²) in [7, 11) is 0. The molecule has 0 atom stereocenters. The van der Waals surface area contributed by atoms with Crippen LogP contribution in [0.25, 0.3) is 0 Å². The summed E-state index contributed by atoms with van der Waals surface area (Å²) in [5.41, 5.74) is 0.818. The van der Waals surface area contributed by atoms with Gasteiger partial charge in [0.1, 0.15) is 12.4 Å². The Morgan fingerprint density at radius 1 is 1.25 bits per heavy atom. The second kappa shape index (κ2) is 10.1. The van der Waals surface area contributed by atoms with Gasteiger partial charge in [0.05, 0.1) is 0 Å². The highest BCUT2D eigenvalue weighted by Gasteiger charge is 2.15. The van der Waals surface area contributed by atoms with Gasteiger partial charge in [0.15, 0.2) is 5.11 Å². The number of amides is 1.